The van der Waals surface area contributed by atoms with Gasteiger partial charge in [-0.2, -0.15) is 0 Å². The number of anilines is 1. The van der Waals surface area contributed by atoms with Crippen LogP contribution in [0, 0.1) is 20.8 Å². The number of likely N-dealkylation sites (N-methyl/N-ethyl adjacent to an activating group) is 1. The maximum absolute atomic E-state index is 13.9. The van der Waals surface area contributed by atoms with Crippen molar-refractivity contribution < 1.29 is 18.0 Å². The number of benzene rings is 3. The lowest BCUT2D eigenvalue weighted by Crippen LogP contribution is -2.51. The first kappa shape index (κ1) is 29.4. The molecule has 202 valence electrons. The van der Waals surface area contributed by atoms with E-state index in [4.69, 9.17) is 0 Å². The molecule has 7 nitrogen and oxygen atoms in total. The highest BCUT2D eigenvalue weighted by Crippen LogP contribution is 2.28. The van der Waals surface area contributed by atoms with Gasteiger partial charge < -0.3 is 10.2 Å². The third-order valence-corrected chi connectivity index (χ3v) is 8.60. The molecular formula is C29H34BrN3O4S. The average molecular weight is 601 g/mol. The highest BCUT2D eigenvalue weighted by molar-refractivity contribution is 9.10. The number of nitrogens with zero attached hydrogens (tertiary/aromatic N) is 2. The summed E-state index contributed by atoms with van der Waals surface area (Å²) in [4.78, 5) is 28.2. The number of nitrogens with one attached hydrogen (secondary N) is 1. The maximum atomic E-state index is 13.9. The normalized spacial score (nSPS) is 12.1. The summed E-state index contributed by atoms with van der Waals surface area (Å²) in [5, 5.41) is 2.77. The molecule has 0 aliphatic carbocycles. The molecule has 0 spiro atoms. The molecule has 3 rings (SSSR count). The molecule has 0 radical (unpaired) electrons. The molecule has 0 unspecified atom stereocenters. The van der Waals surface area contributed by atoms with Crippen molar-refractivity contribution in [2.75, 3.05) is 17.4 Å². The van der Waals surface area contributed by atoms with Crippen molar-refractivity contribution in [3.05, 3.63) is 93.5 Å². The third kappa shape index (κ3) is 7.02. The molecule has 0 aliphatic rings. The Morgan fingerprint density at radius 3 is 2.11 bits per heavy atom. The van der Waals surface area contributed by atoms with E-state index in [2.05, 4.69) is 21.2 Å². The van der Waals surface area contributed by atoms with Crippen LogP contribution < -0.4 is 9.62 Å². The quantitative estimate of drug-likeness (QED) is 0.350. The van der Waals surface area contributed by atoms with Crippen LogP contribution in [0.2, 0.25) is 0 Å². The van der Waals surface area contributed by atoms with Gasteiger partial charge in [-0.1, -0.05) is 63.5 Å². The van der Waals surface area contributed by atoms with Gasteiger partial charge in [-0.3, -0.25) is 13.9 Å². The molecule has 0 saturated carbocycles. The van der Waals surface area contributed by atoms with Gasteiger partial charge in [-0.15, -0.1) is 0 Å². The molecule has 2 amide bonds. The fourth-order valence-corrected chi connectivity index (χ4v) is 5.87. The van der Waals surface area contributed by atoms with E-state index < -0.39 is 28.5 Å². The predicted molar refractivity (Wildman–Crippen MR) is 154 cm³/mol. The molecule has 0 fully saturated rings. The Labute approximate surface area is 234 Å². The SMILES string of the molecule is CCNC(=O)[C@H](C)N(Cc1ccc(Br)cc1)C(=O)CN(c1ccc(C)cc1C)S(=O)(=O)c1ccc(C)cc1. The largest absolute Gasteiger partial charge is 0.355 e. The molecule has 0 saturated heterocycles. The van der Waals surface area contributed by atoms with E-state index in [1.807, 2.05) is 64.1 Å². The summed E-state index contributed by atoms with van der Waals surface area (Å²) >= 11 is 3.41. The number of hydrogen-bond acceptors (Lipinski definition) is 4. The van der Waals surface area contributed by atoms with Crippen LogP contribution in [0.5, 0.6) is 0 Å². The maximum Gasteiger partial charge on any atom is 0.264 e. The van der Waals surface area contributed by atoms with Gasteiger partial charge in [0, 0.05) is 17.6 Å². The zero-order valence-corrected chi connectivity index (χ0v) is 24.8. The van der Waals surface area contributed by atoms with E-state index in [0.29, 0.717) is 12.2 Å². The van der Waals surface area contributed by atoms with Gasteiger partial charge in [0.05, 0.1) is 10.6 Å². The molecule has 38 heavy (non-hydrogen) atoms. The van der Waals surface area contributed by atoms with Crippen LogP contribution in [0.3, 0.4) is 0 Å². The fraction of sp³-hybridized carbons (Fsp3) is 0.310. The third-order valence-electron chi connectivity index (χ3n) is 6.29. The lowest BCUT2D eigenvalue weighted by molar-refractivity contribution is -0.139. The fourth-order valence-electron chi connectivity index (χ4n) is 4.13. The summed E-state index contributed by atoms with van der Waals surface area (Å²) in [6, 6.07) is 18.6. The van der Waals surface area contributed by atoms with Gasteiger partial charge in [0.15, 0.2) is 0 Å². The van der Waals surface area contributed by atoms with Crippen LogP contribution in [0.15, 0.2) is 76.1 Å². The smallest absolute Gasteiger partial charge is 0.264 e. The molecule has 3 aromatic carbocycles. The topological polar surface area (TPSA) is 86.8 Å². The highest BCUT2D eigenvalue weighted by atomic mass is 79.9. The first-order valence-corrected chi connectivity index (χ1v) is 14.7. The lowest BCUT2D eigenvalue weighted by Gasteiger charge is -2.32. The number of carbonyl (C=O) groups excluding carboxylic acids is 2. The summed E-state index contributed by atoms with van der Waals surface area (Å²) in [6.07, 6.45) is 0. The summed E-state index contributed by atoms with van der Waals surface area (Å²) in [7, 11) is -4.09. The molecule has 1 atom stereocenters. The van der Waals surface area contributed by atoms with E-state index in [0.717, 1.165) is 31.0 Å². The van der Waals surface area contributed by atoms with Crippen LogP contribution in [0.1, 0.15) is 36.1 Å². The Hall–Kier alpha value is -3.17. The standard InChI is InChI=1S/C29H34BrN3O4S/c1-6-31-29(35)23(5)32(18-24-10-12-25(30)13-11-24)28(34)19-33(27-16-9-21(3)17-22(27)4)38(36,37)26-14-7-20(2)8-15-26/h7-17,23H,6,18-19H2,1-5H3,(H,31,35)/t23-/m0/s1. The molecule has 9 heteroatoms. The second kappa shape index (κ2) is 12.6. The molecule has 3 aromatic rings. The molecule has 0 aliphatic heterocycles. The lowest BCUT2D eigenvalue weighted by atomic mass is 10.1. The number of sulfonamides is 1. The van der Waals surface area contributed by atoms with Gasteiger partial charge >= 0.3 is 0 Å². The number of rotatable bonds is 10. The van der Waals surface area contributed by atoms with E-state index in [-0.39, 0.29) is 17.3 Å². The van der Waals surface area contributed by atoms with E-state index in [9.17, 15) is 18.0 Å². The first-order chi connectivity index (χ1) is 17.9. The summed E-state index contributed by atoms with van der Waals surface area (Å²) < 4.78 is 29.9. The van der Waals surface area contributed by atoms with Crippen LogP contribution in [0.4, 0.5) is 5.69 Å². The van der Waals surface area contributed by atoms with Gasteiger partial charge in [-0.05, 0) is 76.1 Å². The Morgan fingerprint density at radius 1 is 0.921 bits per heavy atom. The van der Waals surface area contributed by atoms with Crippen molar-refractivity contribution in [2.24, 2.45) is 0 Å². The van der Waals surface area contributed by atoms with Gasteiger partial charge in [-0.25, -0.2) is 8.42 Å². The Bertz CT molecular complexity index is 1390. The van der Waals surface area contributed by atoms with Crippen LogP contribution in [-0.2, 0) is 26.2 Å². The summed E-state index contributed by atoms with van der Waals surface area (Å²) in [5.41, 5.74) is 3.86. The van der Waals surface area contributed by atoms with Crippen molar-refractivity contribution in [3.63, 3.8) is 0 Å². The van der Waals surface area contributed by atoms with Crippen molar-refractivity contribution in [3.8, 4) is 0 Å². The van der Waals surface area contributed by atoms with Gasteiger partial charge in [0.2, 0.25) is 11.8 Å². The number of hydrogen-bond donors (Lipinski definition) is 1. The van der Waals surface area contributed by atoms with Crippen LogP contribution in [0.25, 0.3) is 0 Å². The Morgan fingerprint density at radius 2 is 1.53 bits per heavy atom. The average Bonchev–Trinajstić information content (AvgIpc) is 2.87. The summed E-state index contributed by atoms with van der Waals surface area (Å²) in [6.45, 7) is 9.19. The minimum absolute atomic E-state index is 0.0899. The number of halogens is 1. The van der Waals surface area contributed by atoms with Crippen molar-refractivity contribution >= 4 is 43.5 Å². The van der Waals surface area contributed by atoms with Gasteiger partial charge in [0.25, 0.3) is 10.0 Å². The second-order valence-corrected chi connectivity index (χ2v) is 12.1. The van der Waals surface area contributed by atoms with Crippen LogP contribution in [-0.4, -0.2) is 44.3 Å². The molecule has 0 aromatic heterocycles. The van der Waals surface area contributed by atoms with E-state index >= 15 is 0 Å². The Kier molecular flexibility index (Phi) is 9.73. The van der Waals surface area contributed by atoms with Crippen molar-refractivity contribution in [1.29, 1.82) is 0 Å². The molecule has 0 heterocycles. The first-order valence-electron chi connectivity index (χ1n) is 12.4. The number of amides is 2. The van der Waals surface area contributed by atoms with Crippen LogP contribution >= 0.6 is 15.9 Å². The zero-order valence-electron chi connectivity index (χ0n) is 22.4. The van der Waals surface area contributed by atoms with E-state index in [1.165, 1.54) is 4.90 Å². The monoisotopic (exact) mass is 599 g/mol. The molecule has 1 N–H and O–H groups in total. The minimum atomic E-state index is -4.09. The van der Waals surface area contributed by atoms with Crippen molar-refractivity contribution in [2.45, 2.75) is 52.1 Å². The number of carbonyl (C=O) groups is 2. The highest BCUT2D eigenvalue weighted by Gasteiger charge is 2.33. The van der Waals surface area contributed by atoms with Gasteiger partial charge in [0.1, 0.15) is 12.6 Å². The zero-order chi connectivity index (χ0) is 28.0. The molecule has 0 bridgehead atoms. The second-order valence-electron chi connectivity index (χ2n) is 9.33. The minimum Gasteiger partial charge on any atom is -0.355 e. The van der Waals surface area contributed by atoms with Crippen molar-refractivity contribution in [1.82, 2.24) is 10.2 Å². The van der Waals surface area contributed by atoms with E-state index in [1.54, 1.807) is 37.3 Å². The predicted octanol–water partition coefficient (Wildman–Crippen LogP) is 5.12. The summed E-state index contributed by atoms with van der Waals surface area (Å²) in [5.74, 6) is -0.792. The molecular weight excluding hydrogens is 566 g/mol. The Balaban J connectivity index is 2.06. The number of aryl methyl sites for hydroxylation is 3.